The number of piperazine rings is 1. The van der Waals surface area contributed by atoms with Crippen LogP contribution in [0.25, 0.3) is 21.3 Å². The smallest absolute Gasteiger partial charge is 0.236 e. The van der Waals surface area contributed by atoms with E-state index in [4.69, 9.17) is 9.97 Å². The molecule has 0 atom stereocenters. The van der Waals surface area contributed by atoms with Crippen molar-refractivity contribution in [3.63, 3.8) is 0 Å². The summed E-state index contributed by atoms with van der Waals surface area (Å²) in [7, 11) is 0. The number of hydrogen-bond donors (Lipinski definition) is 0. The van der Waals surface area contributed by atoms with E-state index in [1.165, 1.54) is 11.1 Å². The number of likely N-dealkylation sites (tertiary alicyclic amines) is 1. The Morgan fingerprint density at radius 3 is 2.47 bits per heavy atom. The highest BCUT2D eigenvalue weighted by Gasteiger charge is 2.26. The van der Waals surface area contributed by atoms with Crippen molar-refractivity contribution in [1.82, 2.24) is 19.8 Å². The Kier molecular flexibility index (Phi) is 5.39. The summed E-state index contributed by atoms with van der Waals surface area (Å²) >= 11 is 1.69. The number of aromatic nitrogens is 2. The van der Waals surface area contributed by atoms with E-state index in [1.807, 2.05) is 17.9 Å². The predicted octanol–water partition coefficient (Wildman–Crippen LogP) is 3.41. The summed E-state index contributed by atoms with van der Waals surface area (Å²) in [5.41, 5.74) is 2.41. The van der Waals surface area contributed by atoms with Gasteiger partial charge in [-0.05, 0) is 25.3 Å². The number of thiophene rings is 1. The molecule has 2 aliphatic heterocycles. The molecule has 6 nitrogen and oxygen atoms in total. The average molecular weight is 422 g/mol. The maximum atomic E-state index is 12.5. The molecule has 1 aromatic carbocycles. The first-order valence-corrected chi connectivity index (χ1v) is 11.6. The molecule has 2 fully saturated rings. The lowest BCUT2D eigenvalue weighted by Crippen LogP contribution is -2.50. The zero-order valence-corrected chi connectivity index (χ0v) is 18.2. The van der Waals surface area contributed by atoms with Crippen LogP contribution >= 0.6 is 11.3 Å². The molecule has 3 aromatic rings. The lowest BCUT2D eigenvalue weighted by atomic mass is 10.1. The van der Waals surface area contributed by atoms with Gasteiger partial charge in [0.15, 0.2) is 0 Å². The number of rotatable bonds is 4. The molecule has 0 bridgehead atoms. The third kappa shape index (κ3) is 3.79. The number of anilines is 1. The van der Waals surface area contributed by atoms with Gasteiger partial charge in [-0.15, -0.1) is 11.3 Å². The quantitative estimate of drug-likeness (QED) is 0.646. The monoisotopic (exact) mass is 421 g/mol. The van der Waals surface area contributed by atoms with Gasteiger partial charge in [-0.1, -0.05) is 30.3 Å². The summed E-state index contributed by atoms with van der Waals surface area (Å²) in [6.45, 7) is 7.89. The van der Waals surface area contributed by atoms with Crippen molar-refractivity contribution in [2.75, 3.05) is 50.7 Å². The molecule has 2 saturated heterocycles. The van der Waals surface area contributed by atoms with Crippen LogP contribution in [0.3, 0.4) is 0 Å². The Bertz CT molecular complexity index is 1040. The van der Waals surface area contributed by atoms with E-state index in [0.29, 0.717) is 6.54 Å². The van der Waals surface area contributed by atoms with Gasteiger partial charge in [0.1, 0.15) is 16.5 Å². The van der Waals surface area contributed by atoms with Gasteiger partial charge in [0.05, 0.1) is 11.9 Å². The Balaban J connectivity index is 1.36. The van der Waals surface area contributed by atoms with E-state index in [2.05, 4.69) is 39.4 Å². The van der Waals surface area contributed by atoms with Gasteiger partial charge in [-0.25, -0.2) is 9.97 Å². The van der Waals surface area contributed by atoms with Gasteiger partial charge in [0.2, 0.25) is 5.91 Å². The third-order valence-corrected chi connectivity index (χ3v) is 6.97. The zero-order valence-electron chi connectivity index (χ0n) is 17.4. The summed E-state index contributed by atoms with van der Waals surface area (Å²) in [5, 5.41) is 3.35. The fraction of sp³-hybridized carbons (Fsp3) is 0.435. The lowest BCUT2D eigenvalue weighted by Gasteiger charge is -2.36. The summed E-state index contributed by atoms with van der Waals surface area (Å²) in [4.78, 5) is 29.8. The number of fused-ring (bicyclic) bond motifs is 1. The highest BCUT2D eigenvalue weighted by Crippen LogP contribution is 2.38. The molecule has 2 aliphatic rings. The third-order valence-electron chi connectivity index (χ3n) is 6.10. The lowest BCUT2D eigenvalue weighted by molar-refractivity contribution is -0.131. The molecule has 0 saturated carbocycles. The zero-order chi connectivity index (χ0) is 20.5. The van der Waals surface area contributed by atoms with Crippen LogP contribution in [0.4, 0.5) is 5.82 Å². The van der Waals surface area contributed by atoms with E-state index in [1.54, 1.807) is 11.3 Å². The van der Waals surface area contributed by atoms with Crippen LogP contribution in [0.5, 0.6) is 0 Å². The van der Waals surface area contributed by atoms with Gasteiger partial charge in [-0.2, -0.15) is 0 Å². The minimum atomic E-state index is 0.283. The minimum Gasteiger partial charge on any atom is -0.353 e. The SMILES string of the molecule is Cc1nc(N2CCN(CC(=O)N3CCCC3)CC2)c2c(-c3ccccc3)csc2n1. The summed E-state index contributed by atoms with van der Waals surface area (Å²) < 4.78 is 0. The van der Waals surface area contributed by atoms with Crippen molar-refractivity contribution >= 4 is 33.3 Å². The summed E-state index contributed by atoms with van der Waals surface area (Å²) in [6, 6.07) is 10.5. The van der Waals surface area contributed by atoms with Crippen LogP contribution < -0.4 is 4.90 Å². The number of hydrogen-bond acceptors (Lipinski definition) is 6. The fourth-order valence-corrected chi connectivity index (χ4v) is 5.45. The number of benzene rings is 1. The Labute approximate surface area is 181 Å². The molecule has 2 aromatic heterocycles. The van der Waals surface area contributed by atoms with Crippen LogP contribution in [0.1, 0.15) is 18.7 Å². The number of carbonyl (C=O) groups is 1. The first kappa shape index (κ1) is 19.5. The van der Waals surface area contributed by atoms with E-state index < -0.39 is 0 Å². The van der Waals surface area contributed by atoms with Crippen molar-refractivity contribution in [2.24, 2.45) is 0 Å². The van der Waals surface area contributed by atoms with Crippen molar-refractivity contribution < 1.29 is 4.79 Å². The molecule has 7 heteroatoms. The molecule has 156 valence electrons. The first-order valence-electron chi connectivity index (χ1n) is 10.8. The fourth-order valence-electron chi connectivity index (χ4n) is 4.46. The normalized spacial score (nSPS) is 17.8. The number of amides is 1. The van der Waals surface area contributed by atoms with Crippen LogP contribution in [-0.4, -0.2) is 71.5 Å². The van der Waals surface area contributed by atoms with Crippen LogP contribution in [-0.2, 0) is 4.79 Å². The molecule has 4 heterocycles. The maximum absolute atomic E-state index is 12.5. The first-order chi connectivity index (χ1) is 14.7. The number of nitrogens with zero attached hydrogens (tertiary/aromatic N) is 5. The molecule has 5 rings (SSSR count). The molecule has 0 spiro atoms. The van der Waals surface area contributed by atoms with Crippen LogP contribution in [0.2, 0.25) is 0 Å². The van der Waals surface area contributed by atoms with Crippen LogP contribution in [0.15, 0.2) is 35.7 Å². The molecule has 0 unspecified atom stereocenters. The van der Waals surface area contributed by atoms with E-state index in [0.717, 1.165) is 74.0 Å². The van der Waals surface area contributed by atoms with E-state index in [-0.39, 0.29) is 5.91 Å². The predicted molar refractivity (Wildman–Crippen MR) is 122 cm³/mol. The molecule has 0 radical (unpaired) electrons. The van der Waals surface area contributed by atoms with Crippen molar-refractivity contribution in [3.05, 3.63) is 41.5 Å². The summed E-state index contributed by atoms with van der Waals surface area (Å²) in [5.74, 6) is 2.12. The van der Waals surface area contributed by atoms with E-state index >= 15 is 0 Å². The Hall–Kier alpha value is -2.51. The molecule has 0 N–H and O–H groups in total. The highest BCUT2D eigenvalue weighted by atomic mass is 32.1. The molecular weight excluding hydrogens is 394 g/mol. The van der Waals surface area contributed by atoms with E-state index in [9.17, 15) is 4.79 Å². The van der Waals surface area contributed by atoms with Gasteiger partial charge in [0, 0.05) is 50.2 Å². The van der Waals surface area contributed by atoms with Gasteiger partial charge in [0.25, 0.3) is 0 Å². The number of carbonyl (C=O) groups excluding carboxylic acids is 1. The van der Waals surface area contributed by atoms with Gasteiger partial charge >= 0.3 is 0 Å². The highest BCUT2D eigenvalue weighted by molar-refractivity contribution is 7.17. The second kappa shape index (κ2) is 8.32. The molecule has 30 heavy (non-hydrogen) atoms. The Morgan fingerprint density at radius 1 is 1.00 bits per heavy atom. The average Bonchev–Trinajstić information content (AvgIpc) is 3.45. The molecule has 1 amide bonds. The van der Waals surface area contributed by atoms with Crippen LogP contribution in [0, 0.1) is 6.92 Å². The topological polar surface area (TPSA) is 52.6 Å². The molecule has 0 aliphatic carbocycles. The minimum absolute atomic E-state index is 0.283. The second-order valence-corrected chi connectivity index (χ2v) is 9.00. The maximum Gasteiger partial charge on any atom is 0.236 e. The van der Waals surface area contributed by atoms with Crippen molar-refractivity contribution in [3.8, 4) is 11.1 Å². The van der Waals surface area contributed by atoms with Gasteiger partial charge < -0.3 is 9.80 Å². The summed E-state index contributed by atoms with van der Waals surface area (Å²) in [6.07, 6.45) is 2.29. The van der Waals surface area contributed by atoms with Crippen molar-refractivity contribution in [1.29, 1.82) is 0 Å². The van der Waals surface area contributed by atoms with Crippen molar-refractivity contribution in [2.45, 2.75) is 19.8 Å². The molecular formula is C23H27N5OS. The largest absolute Gasteiger partial charge is 0.353 e. The standard InChI is InChI=1S/C23H27N5OS/c1-17-24-22(21-19(16-30-23(21)25-17)18-7-3-2-4-8-18)28-13-11-26(12-14-28)15-20(29)27-9-5-6-10-27/h2-4,7-8,16H,5-6,9-15H2,1H3. The number of aryl methyl sites for hydroxylation is 1. The Morgan fingerprint density at radius 2 is 1.73 bits per heavy atom. The van der Waals surface area contributed by atoms with Gasteiger partial charge in [-0.3, -0.25) is 9.69 Å². The second-order valence-electron chi connectivity index (χ2n) is 8.14.